The van der Waals surface area contributed by atoms with Crippen molar-refractivity contribution in [1.29, 1.82) is 0 Å². The number of ether oxygens (including phenoxy) is 1. The summed E-state index contributed by atoms with van der Waals surface area (Å²) in [5, 5.41) is 2.68. The summed E-state index contributed by atoms with van der Waals surface area (Å²) in [7, 11) is 0.660. The third-order valence-corrected chi connectivity index (χ3v) is 8.86. The van der Waals surface area contributed by atoms with Crippen molar-refractivity contribution in [3.8, 4) is 5.75 Å². The summed E-state index contributed by atoms with van der Waals surface area (Å²) in [5.74, 6) is -0.453. The second-order valence-electron chi connectivity index (χ2n) is 9.25. The van der Waals surface area contributed by atoms with Crippen molar-refractivity contribution in [2.75, 3.05) is 31.2 Å². The number of halogens is 2. The largest absolute Gasteiger partial charge is 0.459 e. The minimum Gasteiger partial charge on any atom is -0.459 e. The lowest BCUT2D eigenvalue weighted by atomic mass is 9.90. The summed E-state index contributed by atoms with van der Waals surface area (Å²) in [6.45, 7) is 4.47. The number of nitrogens with zero attached hydrogens (tertiary/aromatic N) is 3. The zero-order chi connectivity index (χ0) is 25.4. The summed E-state index contributed by atoms with van der Waals surface area (Å²) in [6, 6.07) is 6.97. The van der Waals surface area contributed by atoms with Crippen molar-refractivity contribution >= 4 is 28.2 Å². The van der Waals surface area contributed by atoms with Crippen LogP contribution in [0.15, 0.2) is 41.5 Å². The number of alkyl halides is 1. The van der Waals surface area contributed by atoms with Gasteiger partial charge in [0.05, 0.1) is 17.5 Å². The maximum absolute atomic E-state index is 15.0. The van der Waals surface area contributed by atoms with E-state index in [1.807, 2.05) is 7.05 Å². The Morgan fingerprint density at radius 1 is 1.29 bits per heavy atom. The number of hydrogen-bond acceptors (Lipinski definition) is 7. The molecular weight excluding hydrogens is 476 g/mol. The molecule has 3 atom stereocenters. The Morgan fingerprint density at radius 2 is 2.00 bits per heavy atom. The molecule has 1 spiro atoms. The van der Waals surface area contributed by atoms with Crippen molar-refractivity contribution in [3.63, 3.8) is 0 Å². The molecule has 188 valence electrons. The molecule has 1 fully saturated rings. The number of nitrogens with two attached hydrogens (primary N) is 1. The van der Waals surface area contributed by atoms with Crippen LogP contribution in [0.25, 0.3) is 0 Å². The first-order valence-corrected chi connectivity index (χ1v) is 12.7. The van der Waals surface area contributed by atoms with Gasteiger partial charge in [-0.25, -0.2) is 13.8 Å². The third-order valence-electron chi connectivity index (χ3n) is 6.55. The van der Waals surface area contributed by atoms with Crippen molar-refractivity contribution in [3.05, 3.63) is 53.6 Å². The van der Waals surface area contributed by atoms with Crippen molar-refractivity contribution in [2.24, 2.45) is 10.7 Å². The molecule has 0 radical (unpaired) electrons. The minimum absolute atomic E-state index is 0.0752. The van der Waals surface area contributed by atoms with Crippen LogP contribution in [-0.4, -0.2) is 62.8 Å². The van der Waals surface area contributed by atoms with Gasteiger partial charge in [0, 0.05) is 29.0 Å². The molecule has 2 aromatic rings. The number of aromatic nitrogens is 1. The second kappa shape index (κ2) is 9.62. The van der Waals surface area contributed by atoms with Crippen LogP contribution in [0.1, 0.15) is 42.7 Å². The summed E-state index contributed by atoms with van der Waals surface area (Å²) >= 11 is 0. The average molecular weight is 506 g/mol. The Hall–Kier alpha value is -2.92. The predicted molar refractivity (Wildman–Crippen MR) is 131 cm³/mol. The molecule has 3 N–H and O–H groups in total. The fourth-order valence-corrected chi connectivity index (χ4v) is 6.42. The molecule has 2 unspecified atom stereocenters. The van der Waals surface area contributed by atoms with Gasteiger partial charge in [0.1, 0.15) is 27.8 Å². The van der Waals surface area contributed by atoms with Crippen LogP contribution < -0.4 is 15.8 Å². The highest BCUT2D eigenvalue weighted by Crippen LogP contribution is 2.41. The molecule has 0 bridgehead atoms. The number of carbonyl (C=O) groups excluding carboxylic acids is 1. The van der Waals surface area contributed by atoms with Crippen LogP contribution in [-0.2, 0) is 16.3 Å². The molecule has 2 aliphatic rings. The standard InChI is InChI=1S/C24H29F2N5O3S/c1-15(25)34-17-5-7-20(28-13-17)21(32)29-16-4-6-19(26)18(12-16)23(2)14-35(33)24(22(27)30-23)8-10-31(3)11-9-24/h4-7,12-13,15H,8-11,14H2,1-3H3,(H2,27,30)(H,29,32)/t15?,23-,35?/m0/s1. The number of piperidine rings is 1. The molecule has 0 saturated carbocycles. The summed E-state index contributed by atoms with van der Waals surface area (Å²) in [4.78, 5) is 23.5. The van der Waals surface area contributed by atoms with Crippen LogP contribution in [0.3, 0.4) is 0 Å². The van der Waals surface area contributed by atoms with Gasteiger partial charge in [0.2, 0.25) is 6.36 Å². The Balaban J connectivity index is 1.57. The minimum atomic E-state index is -1.50. The number of carbonyl (C=O) groups is 1. The van der Waals surface area contributed by atoms with Crippen LogP contribution >= 0.6 is 0 Å². The topological polar surface area (TPSA) is 110 Å². The smallest absolute Gasteiger partial charge is 0.274 e. The summed E-state index contributed by atoms with van der Waals surface area (Å²) < 4.78 is 45.6. The number of amidine groups is 1. The van der Waals surface area contributed by atoms with Gasteiger partial charge in [0.25, 0.3) is 5.91 Å². The van der Waals surface area contributed by atoms with E-state index in [-0.39, 0.29) is 22.8 Å². The van der Waals surface area contributed by atoms with Gasteiger partial charge in [0.15, 0.2) is 0 Å². The van der Waals surface area contributed by atoms with Crippen LogP contribution in [0, 0.1) is 5.82 Å². The Kier molecular flexibility index (Phi) is 6.92. The van der Waals surface area contributed by atoms with Crippen LogP contribution in [0.2, 0.25) is 0 Å². The van der Waals surface area contributed by atoms with E-state index < -0.39 is 39.2 Å². The second-order valence-corrected chi connectivity index (χ2v) is 11.0. The first-order chi connectivity index (χ1) is 16.5. The van der Waals surface area contributed by atoms with E-state index in [0.717, 1.165) is 13.1 Å². The number of rotatable bonds is 5. The maximum Gasteiger partial charge on any atom is 0.274 e. The Bertz CT molecular complexity index is 1170. The van der Waals surface area contributed by atoms with E-state index in [0.29, 0.717) is 24.4 Å². The predicted octanol–water partition coefficient (Wildman–Crippen LogP) is 2.97. The number of hydrogen-bond donors (Lipinski definition) is 2. The zero-order valence-electron chi connectivity index (χ0n) is 19.9. The highest BCUT2D eigenvalue weighted by molar-refractivity contribution is 7.87. The van der Waals surface area contributed by atoms with Gasteiger partial charge in [-0.15, -0.1) is 0 Å². The lowest BCUT2D eigenvalue weighted by molar-refractivity contribution is 0.0856. The van der Waals surface area contributed by atoms with Gasteiger partial charge in [-0.05, 0) is 70.2 Å². The molecule has 0 aliphatic carbocycles. The molecule has 1 aromatic carbocycles. The first kappa shape index (κ1) is 25.2. The van der Waals surface area contributed by atoms with Gasteiger partial charge < -0.3 is 20.7 Å². The number of pyridine rings is 1. The van der Waals surface area contributed by atoms with Crippen molar-refractivity contribution < 1.29 is 22.5 Å². The quantitative estimate of drug-likeness (QED) is 0.647. The molecule has 4 rings (SSSR count). The van der Waals surface area contributed by atoms with Gasteiger partial charge in [-0.3, -0.25) is 14.0 Å². The Labute approximate surface area is 205 Å². The number of nitrogens with one attached hydrogen (secondary N) is 1. The van der Waals surface area contributed by atoms with Crippen LogP contribution in [0.4, 0.5) is 14.5 Å². The van der Waals surface area contributed by atoms with Crippen molar-refractivity contribution in [2.45, 2.75) is 43.3 Å². The highest BCUT2D eigenvalue weighted by atomic mass is 32.2. The fraction of sp³-hybridized carbons (Fsp3) is 0.458. The van der Waals surface area contributed by atoms with E-state index >= 15 is 0 Å². The average Bonchev–Trinajstić information content (AvgIpc) is 2.80. The number of amides is 1. The highest BCUT2D eigenvalue weighted by Gasteiger charge is 2.50. The molecule has 1 saturated heterocycles. The lowest BCUT2D eigenvalue weighted by Crippen LogP contribution is -2.59. The van der Waals surface area contributed by atoms with Gasteiger partial charge >= 0.3 is 0 Å². The molecule has 3 heterocycles. The molecule has 11 heteroatoms. The number of aliphatic imine (C=N–C) groups is 1. The monoisotopic (exact) mass is 505 g/mol. The molecule has 35 heavy (non-hydrogen) atoms. The number of likely N-dealkylation sites (tertiary alicyclic amines) is 1. The summed E-state index contributed by atoms with van der Waals surface area (Å²) in [6.07, 6.45) is 1.02. The normalized spacial score (nSPS) is 25.1. The van der Waals surface area contributed by atoms with E-state index in [9.17, 15) is 17.8 Å². The molecule has 8 nitrogen and oxygen atoms in total. The Morgan fingerprint density at radius 3 is 2.60 bits per heavy atom. The zero-order valence-corrected chi connectivity index (χ0v) is 20.7. The fourth-order valence-electron chi connectivity index (χ4n) is 4.49. The van der Waals surface area contributed by atoms with Crippen molar-refractivity contribution in [1.82, 2.24) is 9.88 Å². The molecular formula is C24H29F2N5O3S. The van der Waals surface area contributed by atoms with E-state index in [1.165, 1.54) is 43.5 Å². The maximum atomic E-state index is 15.0. The van der Waals surface area contributed by atoms with E-state index in [1.54, 1.807) is 6.92 Å². The molecule has 2 aliphatic heterocycles. The lowest BCUT2D eigenvalue weighted by Gasteiger charge is -2.45. The SMILES string of the molecule is CC(F)Oc1ccc(C(=O)Nc2ccc(F)c([C@]3(C)CS(=O)C4(CCN(C)CC4)C(N)=N3)c2)nc1. The van der Waals surface area contributed by atoms with E-state index in [2.05, 4.69) is 20.2 Å². The van der Waals surface area contributed by atoms with E-state index in [4.69, 9.17) is 10.5 Å². The number of benzene rings is 1. The third kappa shape index (κ3) is 5.06. The molecule has 1 amide bonds. The summed E-state index contributed by atoms with van der Waals surface area (Å²) in [5.41, 5.74) is 5.84. The van der Waals surface area contributed by atoms with Gasteiger partial charge in [-0.1, -0.05) is 0 Å². The number of anilines is 1. The first-order valence-electron chi connectivity index (χ1n) is 11.3. The van der Waals surface area contributed by atoms with Gasteiger partial charge in [-0.2, -0.15) is 0 Å². The molecule has 1 aromatic heterocycles. The van der Waals surface area contributed by atoms with Crippen LogP contribution in [0.5, 0.6) is 5.75 Å².